The molecule has 1 aliphatic carbocycles. The molecule has 1 aromatic carbocycles. The molecule has 0 spiro atoms. The van der Waals surface area contributed by atoms with Gasteiger partial charge in [-0.25, -0.2) is 0 Å². The Morgan fingerprint density at radius 1 is 1.27 bits per heavy atom. The van der Waals surface area contributed by atoms with Gasteiger partial charge in [-0.3, -0.25) is 0 Å². The van der Waals surface area contributed by atoms with Crippen LogP contribution in [0.25, 0.3) is 0 Å². The molecule has 0 aromatic heterocycles. The number of hydrogen-bond acceptors (Lipinski definition) is 2. The average Bonchev–Trinajstić information content (AvgIpc) is 2.61. The molecule has 2 nitrogen and oxygen atoms in total. The maximum absolute atomic E-state index is 5.43. The molecule has 1 aliphatic heterocycles. The van der Waals surface area contributed by atoms with Crippen molar-refractivity contribution in [3.8, 4) is 5.75 Å². The third kappa shape index (κ3) is 1.36. The van der Waals surface area contributed by atoms with Crippen molar-refractivity contribution in [1.29, 1.82) is 0 Å². The van der Waals surface area contributed by atoms with Crippen molar-refractivity contribution >= 4 is 0 Å². The summed E-state index contributed by atoms with van der Waals surface area (Å²) < 4.78 is 5.43. The molecule has 1 N–H and O–H groups in total. The minimum atomic E-state index is 0.723. The smallest absolute Gasteiger partial charge is 0.122 e. The number of fused-ring (bicyclic) bond motifs is 1. The van der Waals surface area contributed by atoms with E-state index in [1.54, 1.807) is 7.11 Å². The van der Waals surface area contributed by atoms with Gasteiger partial charge in [0, 0.05) is 0 Å². The van der Waals surface area contributed by atoms with Gasteiger partial charge in [-0.15, -0.1) is 0 Å². The highest BCUT2D eigenvalue weighted by atomic mass is 16.5. The highest BCUT2D eigenvalue weighted by molar-refractivity contribution is 5.38. The number of nitrogens with one attached hydrogen (secondary N) is 1. The van der Waals surface area contributed by atoms with Crippen LogP contribution in [-0.2, 0) is 0 Å². The summed E-state index contributed by atoms with van der Waals surface area (Å²) in [6, 6.07) is 8.46. The van der Waals surface area contributed by atoms with Crippen LogP contribution in [0.4, 0.5) is 0 Å². The Morgan fingerprint density at radius 2 is 2.13 bits per heavy atom. The quantitative estimate of drug-likeness (QED) is 0.794. The van der Waals surface area contributed by atoms with Gasteiger partial charge in [0.1, 0.15) is 5.75 Å². The van der Waals surface area contributed by atoms with Crippen LogP contribution in [-0.4, -0.2) is 20.2 Å². The van der Waals surface area contributed by atoms with Crippen LogP contribution in [0.15, 0.2) is 24.3 Å². The zero-order chi connectivity index (χ0) is 10.3. The summed E-state index contributed by atoms with van der Waals surface area (Å²) in [5.74, 6) is 3.55. The summed E-state index contributed by atoms with van der Waals surface area (Å²) in [7, 11) is 1.77. The Labute approximate surface area is 90.6 Å². The van der Waals surface area contributed by atoms with E-state index in [2.05, 4.69) is 23.5 Å². The number of para-hydroxylation sites is 1. The second-order valence-corrected chi connectivity index (χ2v) is 4.67. The molecule has 2 aliphatic rings. The number of ether oxygens (including phenoxy) is 1. The summed E-state index contributed by atoms with van der Waals surface area (Å²) in [5.41, 5.74) is 1.41. The van der Waals surface area contributed by atoms with Gasteiger partial charge in [-0.05, 0) is 48.9 Å². The number of benzene rings is 1. The molecule has 3 rings (SSSR count). The standard InChI is InChI=1S/C13H17NO/c1-15-13-5-3-2-4-10(13)11-6-9-7-14-8-12(9)11/h2-5,9,11-12,14H,6-8H2,1H3/t9-,11+,12-/m1/s1. The molecule has 2 fully saturated rings. The summed E-state index contributed by atoms with van der Waals surface area (Å²) in [6.45, 7) is 2.41. The highest BCUT2D eigenvalue weighted by Gasteiger charge is 2.45. The summed E-state index contributed by atoms with van der Waals surface area (Å²) in [4.78, 5) is 0. The largest absolute Gasteiger partial charge is 0.496 e. The molecule has 80 valence electrons. The van der Waals surface area contributed by atoms with Crippen LogP contribution < -0.4 is 10.1 Å². The second-order valence-electron chi connectivity index (χ2n) is 4.67. The molecule has 3 atom stereocenters. The van der Waals surface area contributed by atoms with Gasteiger partial charge in [0.25, 0.3) is 0 Å². The van der Waals surface area contributed by atoms with E-state index in [1.807, 2.05) is 6.07 Å². The fourth-order valence-electron chi connectivity index (χ4n) is 3.12. The number of hydrogen-bond donors (Lipinski definition) is 1. The van der Waals surface area contributed by atoms with Crippen molar-refractivity contribution in [3.05, 3.63) is 29.8 Å². The molecule has 2 heteroatoms. The third-order valence-electron chi connectivity index (χ3n) is 4.00. The third-order valence-corrected chi connectivity index (χ3v) is 4.00. The maximum atomic E-state index is 5.43. The molecule has 0 radical (unpaired) electrons. The molecule has 1 heterocycles. The lowest BCUT2D eigenvalue weighted by molar-refractivity contribution is 0.187. The normalized spacial score (nSPS) is 33.3. The Hall–Kier alpha value is -1.02. The molecule has 0 amide bonds. The lowest BCUT2D eigenvalue weighted by Crippen LogP contribution is -2.33. The van der Waals surface area contributed by atoms with Gasteiger partial charge in [0.15, 0.2) is 0 Å². The Kier molecular flexibility index (Phi) is 2.17. The van der Waals surface area contributed by atoms with Crippen molar-refractivity contribution in [2.24, 2.45) is 11.8 Å². The SMILES string of the molecule is COc1ccccc1[C@@H]1C[C@@H]2CNC[C@H]21. The van der Waals surface area contributed by atoms with Crippen LogP contribution in [0, 0.1) is 11.8 Å². The van der Waals surface area contributed by atoms with Crippen LogP contribution in [0.5, 0.6) is 5.75 Å². The molecular weight excluding hydrogens is 186 g/mol. The van der Waals surface area contributed by atoms with Crippen molar-refractivity contribution in [1.82, 2.24) is 5.32 Å². The van der Waals surface area contributed by atoms with Gasteiger partial charge in [0.2, 0.25) is 0 Å². The van der Waals surface area contributed by atoms with E-state index in [1.165, 1.54) is 25.1 Å². The fourth-order valence-corrected chi connectivity index (χ4v) is 3.12. The highest BCUT2D eigenvalue weighted by Crippen LogP contribution is 2.50. The van der Waals surface area contributed by atoms with Crippen LogP contribution in [0.1, 0.15) is 17.9 Å². The first-order valence-corrected chi connectivity index (χ1v) is 5.74. The first kappa shape index (κ1) is 9.22. The first-order valence-electron chi connectivity index (χ1n) is 5.74. The topological polar surface area (TPSA) is 21.3 Å². The fraction of sp³-hybridized carbons (Fsp3) is 0.538. The van der Waals surface area contributed by atoms with Crippen molar-refractivity contribution in [2.45, 2.75) is 12.3 Å². The van der Waals surface area contributed by atoms with Crippen molar-refractivity contribution in [2.75, 3.05) is 20.2 Å². The van der Waals surface area contributed by atoms with Crippen molar-refractivity contribution in [3.63, 3.8) is 0 Å². The van der Waals surface area contributed by atoms with Crippen LogP contribution in [0.2, 0.25) is 0 Å². The van der Waals surface area contributed by atoms with Gasteiger partial charge in [-0.2, -0.15) is 0 Å². The summed E-state index contributed by atoms with van der Waals surface area (Å²) in [5, 5.41) is 3.48. The Balaban J connectivity index is 1.87. The van der Waals surface area contributed by atoms with Gasteiger partial charge < -0.3 is 10.1 Å². The lowest BCUT2D eigenvalue weighted by Gasteiger charge is -2.40. The lowest BCUT2D eigenvalue weighted by atomic mass is 9.64. The Morgan fingerprint density at radius 3 is 2.93 bits per heavy atom. The molecule has 1 saturated heterocycles. The van der Waals surface area contributed by atoms with Gasteiger partial charge >= 0.3 is 0 Å². The average molecular weight is 203 g/mol. The zero-order valence-electron chi connectivity index (χ0n) is 9.07. The van der Waals surface area contributed by atoms with Crippen molar-refractivity contribution < 1.29 is 4.74 Å². The molecular formula is C13H17NO. The summed E-state index contributed by atoms with van der Waals surface area (Å²) >= 11 is 0. The van der Waals surface area contributed by atoms with E-state index in [4.69, 9.17) is 4.74 Å². The summed E-state index contributed by atoms with van der Waals surface area (Å²) in [6.07, 6.45) is 1.33. The van der Waals surface area contributed by atoms with E-state index >= 15 is 0 Å². The predicted octanol–water partition coefficient (Wildman–Crippen LogP) is 2.02. The van der Waals surface area contributed by atoms with E-state index in [0.717, 1.165) is 23.5 Å². The molecule has 1 aromatic rings. The molecule has 15 heavy (non-hydrogen) atoms. The number of methoxy groups -OCH3 is 1. The van der Waals surface area contributed by atoms with E-state index in [0.29, 0.717) is 0 Å². The molecule has 0 unspecified atom stereocenters. The van der Waals surface area contributed by atoms with E-state index in [9.17, 15) is 0 Å². The monoisotopic (exact) mass is 203 g/mol. The minimum Gasteiger partial charge on any atom is -0.496 e. The molecule has 1 saturated carbocycles. The first-order chi connectivity index (χ1) is 7.40. The van der Waals surface area contributed by atoms with Crippen LogP contribution in [0.3, 0.4) is 0 Å². The second kappa shape index (κ2) is 3.53. The van der Waals surface area contributed by atoms with E-state index < -0.39 is 0 Å². The van der Waals surface area contributed by atoms with Gasteiger partial charge in [0.05, 0.1) is 7.11 Å². The van der Waals surface area contributed by atoms with Gasteiger partial charge in [-0.1, -0.05) is 18.2 Å². The predicted molar refractivity (Wildman–Crippen MR) is 60.2 cm³/mol. The maximum Gasteiger partial charge on any atom is 0.122 e. The van der Waals surface area contributed by atoms with E-state index in [-0.39, 0.29) is 0 Å². The van der Waals surface area contributed by atoms with Crippen LogP contribution >= 0.6 is 0 Å². The minimum absolute atomic E-state index is 0.723. The molecule has 0 bridgehead atoms. The zero-order valence-corrected chi connectivity index (χ0v) is 9.07. The Bertz CT molecular complexity index is 363. The number of rotatable bonds is 2.